The molecule has 9 nitrogen and oxygen atoms in total. The predicted octanol–water partition coefficient (Wildman–Crippen LogP) is 3.99. The van der Waals surface area contributed by atoms with Gasteiger partial charge >= 0.3 is 0 Å². The molecule has 0 aromatic heterocycles. The third-order valence-corrected chi connectivity index (χ3v) is 7.80. The first-order valence-electron chi connectivity index (χ1n) is 13.6. The van der Waals surface area contributed by atoms with Crippen molar-refractivity contribution >= 4 is 29.3 Å². The molecule has 3 aromatic rings. The normalized spacial score (nSPS) is 16.8. The average molecular weight is 594 g/mol. The molecule has 1 aliphatic rings. The van der Waals surface area contributed by atoms with Crippen molar-refractivity contribution in [3.8, 4) is 28.4 Å². The van der Waals surface area contributed by atoms with E-state index in [2.05, 4.69) is 5.32 Å². The second-order valence-corrected chi connectivity index (χ2v) is 10.6. The van der Waals surface area contributed by atoms with Crippen LogP contribution in [0.2, 0.25) is 5.02 Å². The molecule has 0 saturated carbocycles. The van der Waals surface area contributed by atoms with Crippen LogP contribution < -0.4 is 19.5 Å². The number of hydrogen-bond donors (Lipinski definition) is 1. The minimum Gasteiger partial charge on any atom is -0.493 e. The number of carbonyl (C=O) groups excluding carboxylic acids is 3. The zero-order valence-corrected chi connectivity index (χ0v) is 25.2. The molecule has 1 heterocycles. The molecular formula is C32H36ClN3O6. The first-order valence-corrected chi connectivity index (χ1v) is 14.0. The molecule has 42 heavy (non-hydrogen) atoms. The Bertz CT molecular complexity index is 1400. The molecule has 1 aliphatic heterocycles. The quantitative estimate of drug-likeness (QED) is 0.361. The zero-order chi connectivity index (χ0) is 30.4. The van der Waals surface area contributed by atoms with Gasteiger partial charge in [0, 0.05) is 25.0 Å². The number of benzene rings is 3. The maximum Gasteiger partial charge on any atom is 0.246 e. The molecule has 3 amide bonds. The SMILES string of the molecule is COc1cc(-c2ccc(C[C@H]3C(=O)N(CC(=O)NCCc4ccc(Cl)cc4)[C@@H](C)C(=O)N3C)cc2)cc(OC)c1OC. The third-order valence-electron chi connectivity index (χ3n) is 7.55. The first kappa shape index (κ1) is 30.7. The fourth-order valence-corrected chi connectivity index (χ4v) is 5.21. The molecular weight excluding hydrogens is 558 g/mol. The van der Waals surface area contributed by atoms with Crippen LogP contribution in [0.15, 0.2) is 60.7 Å². The number of halogens is 1. The topological polar surface area (TPSA) is 97.4 Å². The van der Waals surface area contributed by atoms with Gasteiger partial charge in [0.25, 0.3) is 0 Å². The molecule has 1 fully saturated rings. The number of piperazine rings is 1. The average Bonchev–Trinajstić information content (AvgIpc) is 3.01. The molecule has 4 rings (SSSR count). The standard InChI is InChI=1S/C32H36ClN3O6/c1-20-31(38)35(2)26(32(39)36(20)19-29(37)34-15-14-21-8-12-25(33)13-9-21)16-22-6-10-23(11-7-22)24-17-27(40-3)30(42-5)28(18-24)41-4/h6-13,17-18,20,26H,14-16,19H2,1-5H3,(H,34,37)/t20-,26-/m0/s1. The van der Waals surface area contributed by atoms with Crippen LogP contribution in [-0.4, -0.2) is 81.1 Å². The van der Waals surface area contributed by atoms with Crippen molar-refractivity contribution in [3.05, 3.63) is 76.8 Å². The van der Waals surface area contributed by atoms with Gasteiger partial charge in [-0.2, -0.15) is 0 Å². The van der Waals surface area contributed by atoms with E-state index in [1.54, 1.807) is 47.4 Å². The minimum absolute atomic E-state index is 0.184. The van der Waals surface area contributed by atoms with Crippen molar-refractivity contribution in [3.63, 3.8) is 0 Å². The van der Waals surface area contributed by atoms with Crippen molar-refractivity contribution in [2.45, 2.75) is 31.8 Å². The van der Waals surface area contributed by atoms with Gasteiger partial charge in [0.05, 0.1) is 21.3 Å². The Labute approximate surface area is 251 Å². The Morgan fingerprint density at radius 2 is 1.45 bits per heavy atom. The van der Waals surface area contributed by atoms with Crippen molar-refractivity contribution in [1.82, 2.24) is 15.1 Å². The van der Waals surface area contributed by atoms with Crippen LogP contribution in [0.5, 0.6) is 17.2 Å². The summed E-state index contributed by atoms with van der Waals surface area (Å²) in [5.74, 6) is 0.834. The monoisotopic (exact) mass is 593 g/mol. The highest BCUT2D eigenvalue weighted by atomic mass is 35.5. The summed E-state index contributed by atoms with van der Waals surface area (Å²) in [5, 5.41) is 3.51. The summed E-state index contributed by atoms with van der Waals surface area (Å²) in [6, 6.07) is 17.4. The largest absolute Gasteiger partial charge is 0.493 e. The number of ether oxygens (including phenoxy) is 3. The van der Waals surface area contributed by atoms with E-state index < -0.39 is 12.1 Å². The molecule has 3 aromatic carbocycles. The van der Waals surface area contributed by atoms with E-state index >= 15 is 0 Å². The highest BCUT2D eigenvalue weighted by Crippen LogP contribution is 2.41. The molecule has 10 heteroatoms. The van der Waals surface area contributed by atoms with Gasteiger partial charge in [-0.15, -0.1) is 0 Å². The molecule has 222 valence electrons. The molecule has 0 spiro atoms. The van der Waals surface area contributed by atoms with E-state index in [1.165, 1.54) is 9.80 Å². The van der Waals surface area contributed by atoms with Crippen molar-refractivity contribution < 1.29 is 28.6 Å². The van der Waals surface area contributed by atoms with E-state index in [9.17, 15) is 14.4 Å². The van der Waals surface area contributed by atoms with Gasteiger partial charge in [-0.3, -0.25) is 14.4 Å². The number of nitrogens with one attached hydrogen (secondary N) is 1. The predicted molar refractivity (Wildman–Crippen MR) is 161 cm³/mol. The number of rotatable bonds is 11. The van der Waals surface area contributed by atoms with Gasteiger partial charge in [-0.25, -0.2) is 0 Å². The van der Waals surface area contributed by atoms with Gasteiger partial charge in [0.1, 0.15) is 18.6 Å². The van der Waals surface area contributed by atoms with Gasteiger partial charge in [0.15, 0.2) is 11.5 Å². The van der Waals surface area contributed by atoms with Gasteiger partial charge in [0.2, 0.25) is 23.5 Å². The lowest BCUT2D eigenvalue weighted by atomic mass is 9.96. The number of nitrogens with zero attached hydrogens (tertiary/aromatic N) is 2. The first-order chi connectivity index (χ1) is 20.2. The lowest BCUT2D eigenvalue weighted by Gasteiger charge is -2.42. The van der Waals surface area contributed by atoms with E-state index in [-0.39, 0.29) is 24.3 Å². The molecule has 0 unspecified atom stereocenters. The smallest absolute Gasteiger partial charge is 0.246 e. The van der Waals surface area contributed by atoms with Crippen LogP contribution in [-0.2, 0) is 27.2 Å². The van der Waals surface area contributed by atoms with E-state index in [4.69, 9.17) is 25.8 Å². The lowest BCUT2D eigenvalue weighted by Crippen LogP contribution is -2.64. The van der Waals surface area contributed by atoms with Crippen molar-refractivity contribution in [1.29, 1.82) is 0 Å². The highest BCUT2D eigenvalue weighted by Gasteiger charge is 2.42. The van der Waals surface area contributed by atoms with Crippen LogP contribution in [0.3, 0.4) is 0 Å². The molecule has 2 atom stereocenters. The van der Waals surface area contributed by atoms with Crippen molar-refractivity contribution in [2.75, 3.05) is 41.5 Å². The van der Waals surface area contributed by atoms with Gasteiger partial charge in [-0.1, -0.05) is 48.0 Å². The van der Waals surface area contributed by atoms with Crippen LogP contribution in [0, 0.1) is 0 Å². The number of carbonyl (C=O) groups is 3. The minimum atomic E-state index is -0.733. The number of hydrogen-bond acceptors (Lipinski definition) is 6. The summed E-state index contributed by atoms with van der Waals surface area (Å²) in [7, 11) is 6.33. The van der Waals surface area contributed by atoms with Crippen LogP contribution >= 0.6 is 11.6 Å². The zero-order valence-electron chi connectivity index (χ0n) is 24.5. The molecule has 0 bridgehead atoms. The van der Waals surface area contributed by atoms with E-state index in [0.29, 0.717) is 41.7 Å². The number of likely N-dealkylation sites (N-methyl/N-ethyl adjacent to an activating group) is 1. The highest BCUT2D eigenvalue weighted by molar-refractivity contribution is 6.30. The summed E-state index contributed by atoms with van der Waals surface area (Å²) >= 11 is 5.93. The van der Waals surface area contributed by atoms with Gasteiger partial charge in [-0.05, 0) is 59.9 Å². The van der Waals surface area contributed by atoms with Crippen molar-refractivity contribution in [2.24, 2.45) is 0 Å². The Balaban J connectivity index is 1.43. The Morgan fingerprint density at radius 3 is 2.02 bits per heavy atom. The molecule has 1 N–H and O–H groups in total. The maximum absolute atomic E-state index is 13.5. The molecule has 0 radical (unpaired) electrons. The molecule has 1 saturated heterocycles. The number of amides is 3. The van der Waals surface area contributed by atoms with Gasteiger partial charge < -0.3 is 29.3 Å². The maximum atomic E-state index is 13.5. The lowest BCUT2D eigenvalue weighted by molar-refractivity contribution is -0.160. The Morgan fingerprint density at radius 1 is 0.857 bits per heavy atom. The Kier molecular flexibility index (Phi) is 9.96. The summed E-state index contributed by atoms with van der Waals surface area (Å²) < 4.78 is 16.4. The Hall–Kier alpha value is -4.24. The summed E-state index contributed by atoms with van der Waals surface area (Å²) in [6.07, 6.45) is 0.945. The number of methoxy groups -OCH3 is 3. The fourth-order valence-electron chi connectivity index (χ4n) is 5.08. The summed E-state index contributed by atoms with van der Waals surface area (Å²) in [6.45, 7) is 1.88. The second kappa shape index (κ2) is 13.6. The fraction of sp³-hybridized carbons (Fsp3) is 0.344. The van der Waals surface area contributed by atoms with E-state index in [0.717, 1.165) is 22.3 Å². The van der Waals surface area contributed by atoms with E-state index in [1.807, 2.05) is 48.5 Å². The third kappa shape index (κ3) is 6.79. The molecule has 0 aliphatic carbocycles. The summed E-state index contributed by atoms with van der Waals surface area (Å²) in [4.78, 5) is 42.2. The summed E-state index contributed by atoms with van der Waals surface area (Å²) in [5.41, 5.74) is 3.71. The second-order valence-electron chi connectivity index (χ2n) is 10.1. The van der Waals surface area contributed by atoms with Crippen LogP contribution in [0.1, 0.15) is 18.1 Å². The van der Waals surface area contributed by atoms with Crippen LogP contribution in [0.25, 0.3) is 11.1 Å². The van der Waals surface area contributed by atoms with Crippen LogP contribution in [0.4, 0.5) is 0 Å².